The van der Waals surface area contributed by atoms with Gasteiger partial charge in [-0.25, -0.2) is 4.98 Å². The van der Waals surface area contributed by atoms with Gasteiger partial charge in [-0.3, -0.25) is 4.79 Å². The summed E-state index contributed by atoms with van der Waals surface area (Å²) >= 11 is 3.28. The topological polar surface area (TPSA) is 51.2 Å². The fourth-order valence-electron chi connectivity index (χ4n) is 2.38. The number of fused-ring (bicyclic) bond motifs is 1. The summed E-state index contributed by atoms with van der Waals surface area (Å²) < 4.78 is 6.28. The Bertz CT molecular complexity index is 798. The molecule has 3 rings (SSSR count). The Morgan fingerprint density at radius 1 is 1.16 bits per heavy atom. The van der Waals surface area contributed by atoms with Crippen LogP contribution in [-0.2, 0) is 28.4 Å². The number of benzene rings is 2. The fourth-order valence-corrected chi connectivity index (χ4v) is 4.26. The van der Waals surface area contributed by atoms with Crippen LogP contribution in [0.1, 0.15) is 16.1 Å². The summed E-state index contributed by atoms with van der Waals surface area (Å²) in [7, 11) is 1.68. The Labute approximate surface area is 155 Å². The van der Waals surface area contributed by atoms with Crippen molar-refractivity contribution in [3.63, 3.8) is 0 Å². The Kier molecular flexibility index (Phi) is 6.44. The molecule has 0 fully saturated rings. The molecule has 0 atom stereocenters. The van der Waals surface area contributed by atoms with Crippen LogP contribution in [0.4, 0.5) is 0 Å². The molecule has 0 saturated heterocycles. The molecule has 0 unspecified atom stereocenters. The highest BCUT2D eigenvalue weighted by atomic mass is 32.2. The maximum Gasteiger partial charge on any atom is 0.230 e. The molecule has 1 amide bonds. The number of methoxy groups -OCH3 is 1. The number of aromatic nitrogens is 1. The van der Waals surface area contributed by atoms with Crippen LogP contribution in [0.2, 0.25) is 0 Å². The van der Waals surface area contributed by atoms with E-state index in [4.69, 9.17) is 4.74 Å². The molecule has 4 nitrogen and oxygen atoms in total. The van der Waals surface area contributed by atoms with Crippen molar-refractivity contribution in [2.75, 3.05) is 12.9 Å². The SMILES string of the molecule is COCc1ccc(CNC(=O)CSCc2nc3ccccc3s2)cc1. The highest BCUT2D eigenvalue weighted by Crippen LogP contribution is 2.24. The second-order valence-corrected chi connectivity index (χ2v) is 7.70. The number of para-hydroxylation sites is 1. The van der Waals surface area contributed by atoms with Gasteiger partial charge in [0.25, 0.3) is 0 Å². The average molecular weight is 373 g/mol. The van der Waals surface area contributed by atoms with Crippen LogP contribution in [0, 0.1) is 0 Å². The maximum absolute atomic E-state index is 12.0. The number of nitrogens with zero attached hydrogens (tertiary/aromatic N) is 1. The monoisotopic (exact) mass is 372 g/mol. The van der Waals surface area contributed by atoms with Gasteiger partial charge in [0.2, 0.25) is 5.91 Å². The molecule has 0 aliphatic rings. The molecule has 0 spiro atoms. The van der Waals surface area contributed by atoms with E-state index >= 15 is 0 Å². The molecule has 25 heavy (non-hydrogen) atoms. The number of carbonyl (C=O) groups excluding carboxylic acids is 1. The lowest BCUT2D eigenvalue weighted by atomic mass is 10.1. The molecular formula is C19H20N2O2S2. The predicted molar refractivity (Wildman–Crippen MR) is 105 cm³/mol. The summed E-state index contributed by atoms with van der Waals surface area (Å²) in [4.78, 5) is 16.6. The number of rotatable bonds is 8. The van der Waals surface area contributed by atoms with E-state index in [1.807, 2.05) is 42.5 Å². The third-order valence-electron chi connectivity index (χ3n) is 3.62. The van der Waals surface area contributed by atoms with Crippen LogP contribution in [0.5, 0.6) is 0 Å². The normalized spacial score (nSPS) is 10.9. The fraction of sp³-hybridized carbons (Fsp3) is 0.263. The molecule has 1 N–H and O–H groups in total. The zero-order valence-corrected chi connectivity index (χ0v) is 15.7. The van der Waals surface area contributed by atoms with Gasteiger partial charge >= 0.3 is 0 Å². The molecule has 2 aromatic carbocycles. The molecule has 0 aliphatic heterocycles. The summed E-state index contributed by atoms with van der Waals surface area (Å²) in [6.07, 6.45) is 0. The first-order valence-electron chi connectivity index (χ1n) is 8.00. The van der Waals surface area contributed by atoms with Gasteiger partial charge in [0.1, 0.15) is 5.01 Å². The quantitative estimate of drug-likeness (QED) is 0.649. The molecule has 3 aromatic rings. The second-order valence-electron chi connectivity index (χ2n) is 5.59. The number of amides is 1. The Balaban J connectivity index is 1.40. The van der Waals surface area contributed by atoms with Gasteiger partial charge in [-0.05, 0) is 23.3 Å². The lowest BCUT2D eigenvalue weighted by molar-refractivity contribution is -0.118. The van der Waals surface area contributed by atoms with Crippen LogP contribution in [0.25, 0.3) is 10.2 Å². The van der Waals surface area contributed by atoms with E-state index in [1.165, 1.54) is 4.70 Å². The maximum atomic E-state index is 12.0. The van der Waals surface area contributed by atoms with Crippen LogP contribution in [-0.4, -0.2) is 23.8 Å². The van der Waals surface area contributed by atoms with Crippen LogP contribution in [0.15, 0.2) is 48.5 Å². The Morgan fingerprint density at radius 3 is 2.68 bits per heavy atom. The number of hydrogen-bond donors (Lipinski definition) is 1. The van der Waals surface area contributed by atoms with E-state index in [1.54, 1.807) is 30.2 Å². The lowest BCUT2D eigenvalue weighted by Crippen LogP contribution is -2.24. The van der Waals surface area contributed by atoms with Gasteiger partial charge in [0, 0.05) is 19.4 Å². The first kappa shape index (κ1) is 17.9. The zero-order chi connectivity index (χ0) is 17.5. The molecule has 0 radical (unpaired) electrons. The van der Waals surface area contributed by atoms with Crippen molar-refractivity contribution in [2.24, 2.45) is 0 Å². The van der Waals surface area contributed by atoms with Crippen LogP contribution < -0.4 is 5.32 Å². The number of thioether (sulfide) groups is 1. The van der Waals surface area contributed by atoms with E-state index in [9.17, 15) is 4.79 Å². The van der Waals surface area contributed by atoms with E-state index in [0.717, 1.165) is 27.4 Å². The standard InChI is InChI=1S/C19H20N2O2S2/c1-23-11-15-8-6-14(7-9-15)10-20-18(22)12-24-13-19-21-16-4-2-3-5-17(16)25-19/h2-9H,10-13H2,1H3,(H,20,22). The molecule has 0 saturated carbocycles. The van der Waals surface area contributed by atoms with Crippen LogP contribution in [0.3, 0.4) is 0 Å². The Hall–Kier alpha value is -1.89. The molecule has 6 heteroatoms. The molecule has 1 aromatic heterocycles. The van der Waals surface area contributed by atoms with Crippen molar-refractivity contribution in [1.82, 2.24) is 10.3 Å². The van der Waals surface area contributed by atoms with Gasteiger partial charge in [-0.1, -0.05) is 36.4 Å². The molecule has 0 aliphatic carbocycles. The van der Waals surface area contributed by atoms with Gasteiger partial charge in [-0.2, -0.15) is 0 Å². The number of ether oxygens (including phenoxy) is 1. The smallest absolute Gasteiger partial charge is 0.230 e. The largest absolute Gasteiger partial charge is 0.380 e. The van der Waals surface area contributed by atoms with Crippen molar-refractivity contribution < 1.29 is 9.53 Å². The molecule has 1 heterocycles. The number of hydrogen-bond acceptors (Lipinski definition) is 5. The molecule has 130 valence electrons. The van der Waals surface area contributed by atoms with E-state index < -0.39 is 0 Å². The van der Waals surface area contributed by atoms with Crippen molar-refractivity contribution in [1.29, 1.82) is 0 Å². The summed E-state index contributed by atoms with van der Waals surface area (Å²) in [6, 6.07) is 16.2. The first-order chi connectivity index (χ1) is 12.2. The average Bonchev–Trinajstić information content (AvgIpc) is 3.04. The van der Waals surface area contributed by atoms with Gasteiger partial charge < -0.3 is 10.1 Å². The van der Waals surface area contributed by atoms with Crippen molar-refractivity contribution in [2.45, 2.75) is 18.9 Å². The number of thiazole rings is 1. The third-order valence-corrected chi connectivity index (χ3v) is 5.78. The Morgan fingerprint density at radius 2 is 1.92 bits per heavy atom. The second kappa shape index (κ2) is 8.99. The first-order valence-corrected chi connectivity index (χ1v) is 9.97. The zero-order valence-electron chi connectivity index (χ0n) is 14.0. The van der Waals surface area contributed by atoms with E-state index in [-0.39, 0.29) is 5.91 Å². The third kappa shape index (κ3) is 5.29. The summed E-state index contributed by atoms with van der Waals surface area (Å²) in [5, 5.41) is 4.02. The van der Waals surface area contributed by atoms with Gasteiger partial charge in [0.05, 0.1) is 22.6 Å². The summed E-state index contributed by atoms with van der Waals surface area (Å²) in [5.41, 5.74) is 3.25. The molecular weight excluding hydrogens is 352 g/mol. The minimum Gasteiger partial charge on any atom is -0.380 e. The highest BCUT2D eigenvalue weighted by molar-refractivity contribution is 7.99. The minimum atomic E-state index is 0.0482. The summed E-state index contributed by atoms with van der Waals surface area (Å²) in [5.74, 6) is 1.25. The molecule has 0 bridgehead atoms. The van der Waals surface area contributed by atoms with Gasteiger partial charge in [-0.15, -0.1) is 23.1 Å². The van der Waals surface area contributed by atoms with E-state index in [0.29, 0.717) is 18.9 Å². The highest BCUT2D eigenvalue weighted by Gasteiger charge is 2.06. The van der Waals surface area contributed by atoms with Crippen molar-refractivity contribution in [3.8, 4) is 0 Å². The van der Waals surface area contributed by atoms with Crippen molar-refractivity contribution >= 4 is 39.2 Å². The van der Waals surface area contributed by atoms with E-state index in [2.05, 4.69) is 16.4 Å². The van der Waals surface area contributed by atoms with Crippen molar-refractivity contribution in [3.05, 3.63) is 64.7 Å². The number of carbonyl (C=O) groups is 1. The lowest BCUT2D eigenvalue weighted by Gasteiger charge is -2.06. The minimum absolute atomic E-state index is 0.0482. The van der Waals surface area contributed by atoms with Gasteiger partial charge in [0.15, 0.2) is 0 Å². The van der Waals surface area contributed by atoms with Crippen LogP contribution >= 0.6 is 23.1 Å². The number of nitrogens with one attached hydrogen (secondary N) is 1. The predicted octanol–water partition coefficient (Wildman–Crippen LogP) is 3.99. The summed E-state index contributed by atoms with van der Waals surface area (Å²) in [6.45, 7) is 1.16.